The molecule has 0 aliphatic carbocycles. The monoisotopic (exact) mass is 301 g/mol. The predicted molar refractivity (Wildman–Crippen MR) is 74.1 cm³/mol. The maximum Gasteiger partial charge on any atom is 0.338 e. The standard InChI is InChI=1S/C13H16ClNO5/c1-13(2,3)20-7-6-19-12(16)9-4-5-11(15(17)18)10(14)8-9/h4-5,8H,6-7H2,1-3H3. The maximum atomic E-state index is 11.7. The summed E-state index contributed by atoms with van der Waals surface area (Å²) in [5.41, 5.74) is -0.390. The topological polar surface area (TPSA) is 78.7 Å². The van der Waals surface area contributed by atoms with Crippen molar-refractivity contribution in [2.45, 2.75) is 26.4 Å². The minimum absolute atomic E-state index is 0.101. The number of ether oxygens (including phenoxy) is 2. The van der Waals surface area contributed by atoms with Crippen LogP contribution in [-0.4, -0.2) is 29.7 Å². The lowest BCUT2D eigenvalue weighted by Crippen LogP contribution is -2.22. The summed E-state index contributed by atoms with van der Waals surface area (Å²) >= 11 is 5.72. The molecule has 0 bridgehead atoms. The summed E-state index contributed by atoms with van der Waals surface area (Å²) in [5, 5.41) is 10.5. The van der Waals surface area contributed by atoms with Crippen LogP contribution in [0.3, 0.4) is 0 Å². The first kappa shape index (κ1) is 16.4. The van der Waals surface area contributed by atoms with Crippen LogP contribution in [0.4, 0.5) is 5.69 Å². The lowest BCUT2D eigenvalue weighted by molar-refractivity contribution is -0.384. The van der Waals surface area contributed by atoms with Gasteiger partial charge in [0.1, 0.15) is 11.6 Å². The quantitative estimate of drug-likeness (QED) is 0.361. The lowest BCUT2D eigenvalue weighted by Gasteiger charge is -2.19. The van der Waals surface area contributed by atoms with E-state index in [2.05, 4.69) is 0 Å². The smallest absolute Gasteiger partial charge is 0.338 e. The Morgan fingerprint density at radius 2 is 2.00 bits per heavy atom. The molecule has 7 heteroatoms. The largest absolute Gasteiger partial charge is 0.460 e. The van der Waals surface area contributed by atoms with E-state index >= 15 is 0 Å². The van der Waals surface area contributed by atoms with Gasteiger partial charge in [0.15, 0.2) is 0 Å². The molecule has 0 aliphatic rings. The zero-order chi connectivity index (χ0) is 15.3. The summed E-state index contributed by atoms with van der Waals surface area (Å²) in [5.74, 6) is -0.598. The van der Waals surface area contributed by atoms with Crippen LogP contribution in [0, 0.1) is 10.1 Å². The molecule has 0 N–H and O–H groups in total. The summed E-state index contributed by atoms with van der Waals surface area (Å²) < 4.78 is 10.4. The molecule has 0 amide bonds. The van der Waals surface area contributed by atoms with Crippen LogP contribution in [0.5, 0.6) is 0 Å². The predicted octanol–water partition coefficient (Wildman–Crippen LogP) is 3.22. The van der Waals surface area contributed by atoms with Gasteiger partial charge >= 0.3 is 5.97 Å². The number of nitro benzene ring substituents is 1. The number of hydrogen-bond acceptors (Lipinski definition) is 5. The van der Waals surface area contributed by atoms with Gasteiger partial charge in [-0.05, 0) is 32.9 Å². The van der Waals surface area contributed by atoms with Crippen molar-refractivity contribution in [1.82, 2.24) is 0 Å². The van der Waals surface area contributed by atoms with E-state index in [0.717, 1.165) is 0 Å². The zero-order valence-corrected chi connectivity index (χ0v) is 12.3. The first-order valence-electron chi connectivity index (χ1n) is 5.96. The molecular formula is C13H16ClNO5. The molecule has 0 radical (unpaired) electrons. The molecule has 0 heterocycles. The highest BCUT2D eigenvalue weighted by Crippen LogP contribution is 2.25. The Morgan fingerprint density at radius 1 is 1.35 bits per heavy atom. The lowest BCUT2D eigenvalue weighted by atomic mass is 10.2. The van der Waals surface area contributed by atoms with Crippen LogP contribution < -0.4 is 0 Å². The number of nitro groups is 1. The van der Waals surface area contributed by atoms with Crippen molar-refractivity contribution in [3.8, 4) is 0 Å². The molecule has 0 fully saturated rings. The molecule has 0 spiro atoms. The second kappa shape index (κ2) is 6.67. The molecule has 0 atom stereocenters. The Hall–Kier alpha value is -1.66. The van der Waals surface area contributed by atoms with Crippen LogP contribution in [-0.2, 0) is 9.47 Å². The third-order valence-corrected chi connectivity index (χ3v) is 2.53. The van der Waals surface area contributed by atoms with Gasteiger partial charge in [0, 0.05) is 6.07 Å². The van der Waals surface area contributed by atoms with Gasteiger partial charge in [0.05, 0.1) is 22.7 Å². The van der Waals surface area contributed by atoms with E-state index < -0.39 is 10.9 Å². The minimum Gasteiger partial charge on any atom is -0.460 e. The normalized spacial score (nSPS) is 11.2. The maximum absolute atomic E-state index is 11.7. The second-order valence-corrected chi connectivity index (χ2v) is 5.43. The number of hydrogen-bond donors (Lipinski definition) is 0. The molecule has 0 unspecified atom stereocenters. The Labute approximate surface area is 121 Å². The third-order valence-electron chi connectivity index (χ3n) is 2.23. The first-order valence-corrected chi connectivity index (χ1v) is 6.33. The van der Waals surface area contributed by atoms with E-state index in [1.807, 2.05) is 20.8 Å². The summed E-state index contributed by atoms with van der Waals surface area (Å²) in [7, 11) is 0. The van der Waals surface area contributed by atoms with Crippen molar-refractivity contribution in [3.63, 3.8) is 0 Å². The Morgan fingerprint density at radius 3 is 2.50 bits per heavy atom. The Balaban J connectivity index is 2.56. The SMILES string of the molecule is CC(C)(C)OCCOC(=O)c1ccc([N+](=O)[O-])c(Cl)c1. The summed E-state index contributed by atoms with van der Waals surface area (Å²) in [4.78, 5) is 21.7. The molecule has 1 aromatic rings. The number of nitrogens with zero attached hydrogens (tertiary/aromatic N) is 1. The van der Waals surface area contributed by atoms with Crippen LogP contribution in [0.25, 0.3) is 0 Å². The van der Waals surface area contributed by atoms with E-state index in [9.17, 15) is 14.9 Å². The number of benzene rings is 1. The molecule has 0 saturated heterocycles. The van der Waals surface area contributed by atoms with Gasteiger partial charge in [-0.15, -0.1) is 0 Å². The van der Waals surface area contributed by atoms with E-state index in [0.29, 0.717) is 0 Å². The van der Waals surface area contributed by atoms with Crippen molar-refractivity contribution < 1.29 is 19.2 Å². The van der Waals surface area contributed by atoms with Gasteiger partial charge in [-0.1, -0.05) is 11.6 Å². The van der Waals surface area contributed by atoms with Gasteiger partial charge in [-0.25, -0.2) is 4.79 Å². The van der Waals surface area contributed by atoms with Crippen molar-refractivity contribution >= 4 is 23.3 Å². The summed E-state index contributed by atoms with van der Waals surface area (Å²) in [6.07, 6.45) is 0. The fraction of sp³-hybridized carbons (Fsp3) is 0.462. The van der Waals surface area contributed by atoms with Crippen molar-refractivity contribution in [2.75, 3.05) is 13.2 Å². The number of halogens is 1. The highest BCUT2D eigenvalue weighted by atomic mass is 35.5. The number of carbonyl (C=O) groups excluding carboxylic acids is 1. The zero-order valence-electron chi connectivity index (χ0n) is 11.5. The average molecular weight is 302 g/mol. The van der Waals surface area contributed by atoms with Gasteiger partial charge < -0.3 is 9.47 Å². The van der Waals surface area contributed by atoms with Gasteiger partial charge in [-0.2, -0.15) is 0 Å². The van der Waals surface area contributed by atoms with E-state index in [4.69, 9.17) is 21.1 Å². The number of carbonyl (C=O) groups is 1. The average Bonchev–Trinajstić information content (AvgIpc) is 2.32. The molecule has 0 saturated carbocycles. The molecule has 1 aromatic carbocycles. The van der Waals surface area contributed by atoms with Crippen molar-refractivity contribution in [1.29, 1.82) is 0 Å². The summed E-state index contributed by atoms with van der Waals surface area (Å²) in [6, 6.07) is 3.69. The number of rotatable bonds is 5. The van der Waals surface area contributed by atoms with Crippen LogP contribution in [0.2, 0.25) is 5.02 Å². The molecular weight excluding hydrogens is 286 g/mol. The van der Waals surface area contributed by atoms with E-state index in [1.165, 1.54) is 18.2 Å². The highest BCUT2D eigenvalue weighted by molar-refractivity contribution is 6.33. The first-order chi connectivity index (χ1) is 9.20. The van der Waals surface area contributed by atoms with Gasteiger partial charge in [-0.3, -0.25) is 10.1 Å². The molecule has 20 heavy (non-hydrogen) atoms. The Bertz CT molecular complexity index is 510. The van der Waals surface area contributed by atoms with Crippen molar-refractivity contribution in [2.24, 2.45) is 0 Å². The Kier molecular flexibility index (Phi) is 5.47. The third kappa shape index (κ3) is 5.14. The fourth-order valence-electron chi connectivity index (χ4n) is 1.35. The van der Waals surface area contributed by atoms with Crippen LogP contribution in [0.1, 0.15) is 31.1 Å². The van der Waals surface area contributed by atoms with E-state index in [-0.39, 0.29) is 35.1 Å². The van der Waals surface area contributed by atoms with Crippen LogP contribution >= 0.6 is 11.6 Å². The van der Waals surface area contributed by atoms with Gasteiger partial charge in [0.25, 0.3) is 5.69 Å². The molecule has 0 aromatic heterocycles. The molecule has 1 rings (SSSR count). The fourth-order valence-corrected chi connectivity index (χ4v) is 1.60. The molecule has 6 nitrogen and oxygen atoms in total. The highest BCUT2D eigenvalue weighted by Gasteiger charge is 2.16. The van der Waals surface area contributed by atoms with E-state index in [1.54, 1.807) is 0 Å². The van der Waals surface area contributed by atoms with Crippen LogP contribution in [0.15, 0.2) is 18.2 Å². The molecule has 110 valence electrons. The van der Waals surface area contributed by atoms with Gasteiger partial charge in [0.2, 0.25) is 0 Å². The number of esters is 1. The molecule has 0 aliphatic heterocycles. The van der Waals surface area contributed by atoms with Crippen molar-refractivity contribution in [3.05, 3.63) is 38.9 Å². The minimum atomic E-state index is -0.616. The summed E-state index contributed by atoms with van der Waals surface area (Å²) in [6.45, 7) is 6.06. The second-order valence-electron chi connectivity index (χ2n) is 5.02.